The average molecular weight is 296 g/mol. The topological polar surface area (TPSA) is 42.7 Å². The molecule has 0 amide bonds. The van der Waals surface area contributed by atoms with Gasteiger partial charge in [-0.15, -0.1) is 16.4 Å². The van der Waals surface area contributed by atoms with Gasteiger partial charge in [-0.25, -0.2) is 9.67 Å². The molecule has 3 aromatic rings. The maximum Gasteiger partial charge on any atom is 0.191 e. The predicted octanol–water partition coefficient (Wildman–Crippen LogP) is 3.57. The minimum atomic E-state index is 0.809. The summed E-state index contributed by atoms with van der Waals surface area (Å²) in [6.07, 6.45) is 2.26. The molecule has 1 N–H and O–H groups in total. The number of rotatable bonds is 2. The zero-order valence-electron chi connectivity index (χ0n) is 11.8. The first-order chi connectivity index (χ1) is 10.3. The maximum atomic E-state index is 4.77. The second-order valence-electron chi connectivity index (χ2n) is 5.22. The van der Waals surface area contributed by atoms with Crippen molar-refractivity contribution < 1.29 is 0 Å². The Kier molecular flexibility index (Phi) is 3.00. The van der Waals surface area contributed by atoms with E-state index in [4.69, 9.17) is 4.98 Å². The van der Waals surface area contributed by atoms with E-state index >= 15 is 0 Å². The summed E-state index contributed by atoms with van der Waals surface area (Å²) in [5.74, 6) is 1.75. The molecule has 21 heavy (non-hydrogen) atoms. The highest BCUT2D eigenvalue weighted by molar-refractivity contribution is 7.13. The molecular weight excluding hydrogens is 280 g/mol. The van der Waals surface area contributed by atoms with Crippen LogP contribution in [-0.2, 0) is 13.5 Å². The molecule has 0 spiro atoms. The Balaban J connectivity index is 1.84. The molecule has 106 valence electrons. The fourth-order valence-corrected chi connectivity index (χ4v) is 3.50. The van der Waals surface area contributed by atoms with Crippen LogP contribution in [0.5, 0.6) is 0 Å². The fourth-order valence-electron chi connectivity index (χ4n) is 2.85. The first-order valence-corrected chi connectivity index (χ1v) is 8.02. The molecule has 2 aromatic heterocycles. The Bertz CT molecular complexity index is 774. The number of aryl methyl sites for hydroxylation is 1. The van der Waals surface area contributed by atoms with E-state index in [0.717, 1.165) is 29.5 Å². The standard InChI is InChI=1S/C16H16N4S/c1-20-16(18-15(19-20)14-8-4-10-21-14)12-5-2-7-13-11(12)6-3-9-17-13/h2,4-5,7-8,10,17H,3,6,9H2,1H3. The van der Waals surface area contributed by atoms with Gasteiger partial charge in [0.15, 0.2) is 11.6 Å². The first kappa shape index (κ1) is 12.6. The maximum absolute atomic E-state index is 4.77. The summed E-state index contributed by atoms with van der Waals surface area (Å²) in [5.41, 5.74) is 3.79. The van der Waals surface area contributed by atoms with Crippen molar-refractivity contribution in [2.75, 3.05) is 11.9 Å². The van der Waals surface area contributed by atoms with E-state index in [-0.39, 0.29) is 0 Å². The Hall–Kier alpha value is -2.14. The third kappa shape index (κ3) is 2.14. The number of anilines is 1. The zero-order valence-corrected chi connectivity index (χ0v) is 12.7. The van der Waals surface area contributed by atoms with E-state index in [0.29, 0.717) is 0 Å². The van der Waals surface area contributed by atoms with Gasteiger partial charge in [-0.1, -0.05) is 18.2 Å². The third-order valence-electron chi connectivity index (χ3n) is 3.84. The van der Waals surface area contributed by atoms with Gasteiger partial charge >= 0.3 is 0 Å². The molecule has 5 heteroatoms. The van der Waals surface area contributed by atoms with Gasteiger partial charge < -0.3 is 5.32 Å². The minimum absolute atomic E-state index is 0.809. The number of hydrogen-bond donors (Lipinski definition) is 1. The highest BCUT2D eigenvalue weighted by atomic mass is 32.1. The van der Waals surface area contributed by atoms with Crippen molar-refractivity contribution in [3.8, 4) is 22.1 Å². The quantitative estimate of drug-likeness (QED) is 0.786. The summed E-state index contributed by atoms with van der Waals surface area (Å²) < 4.78 is 1.89. The van der Waals surface area contributed by atoms with Crippen molar-refractivity contribution in [3.05, 3.63) is 41.3 Å². The van der Waals surface area contributed by atoms with Crippen LogP contribution < -0.4 is 5.32 Å². The molecule has 0 saturated heterocycles. The largest absolute Gasteiger partial charge is 0.385 e. The number of aromatic nitrogens is 3. The Morgan fingerprint density at radius 1 is 1.24 bits per heavy atom. The van der Waals surface area contributed by atoms with Gasteiger partial charge in [-0.3, -0.25) is 0 Å². The molecule has 0 saturated carbocycles. The van der Waals surface area contributed by atoms with Crippen molar-refractivity contribution in [2.24, 2.45) is 7.05 Å². The van der Waals surface area contributed by atoms with Crippen LogP contribution in [0, 0.1) is 0 Å². The molecule has 0 radical (unpaired) electrons. The lowest BCUT2D eigenvalue weighted by molar-refractivity contribution is 0.772. The van der Waals surface area contributed by atoms with Crippen molar-refractivity contribution in [1.29, 1.82) is 0 Å². The highest BCUT2D eigenvalue weighted by Gasteiger charge is 2.18. The molecule has 0 atom stereocenters. The van der Waals surface area contributed by atoms with Crippen LogP contribution >= 0.6 is 11.3 Å². The van der Waals surface area contributed by atoms with E-state index in [2.05, 4.69) is 40.1 Å². The third-order valence-corrected chi connectivity index (χ3v) is 4.71. The van der Waals surface area contributed by atoms with Crippen molar-refractivity contribution in [2.45, 2.75) is 12.8 Å². The van der Waals surface area contributed by atoms with Crippen LogP contribution in [0.15, 0.2) is 35.7 Å². The lowest BCUT2D eigenvalue weighted by Gasteiger charge is -2.20. The molecule has 1 aliphatic rings. The summed E-state index contributed by atoms with van der Waals surface area (Å²) in [6.45, 7) is 1.05. The van der Waals surface area contributed by atoms with Crippen LogP contribution in [0.2, 0.25) is 0 Å². The number of hydrogen-bond acceptors (Lipinski definition) is 4. The van der Waals surface area contributed by atoms with Gasteiger partial charge in [-0.2, -0.15) is 0 Å². The molecule has 3 heterocycles. The highest BCUT2D eigenvalue weighted by Crippen LogP contribution is 2.32. The first-order valence-electron chi connectivity index (χ1n) is 7.14. The van der Waals surface area contributed by atoms with Gasteiger partial charge in [-0.05, 0) is 35.9 Å². The molecule has 0 fully saturated rings. The smallest absolute Gasteiger partial charge is 0.191 e. The molecule has 1 aromatic carbocycles. The molecule has 4 rings (SSSR count). The van der Waals surface area contributed by atoms with Crippen LogP contribution in [-0.4, -0.2) is 21.3 Å². The Morgan fingerprint density at radius 2 is 2.19 bits per heavy atom. The van der Waals surface area contributed by atoms with E-state index in [1.165, 1.54) is 23.2 Å². The van der Waals surface area contributed by atoms with Crippen LogP contribution in [0.3, 0.4) is 0 Å². The summed E-state index contributed by atoms with van der Waals surface area (Å²) in [5, 5.41) is 10.1. The molecule has 4 nitrogen and oxygen atoms in total. The zero-order chi connectivity index (χ0) is 14.2. The summed E-state index contributed by atoms with van der Waals surface area (Å²) >= 11 is 1.67. The molecule has 0 unspecified atom stereocenters. The molecular formula is C16H16N4S. The van der Waals surface area contributed by atoms with E-state index < -0.39 is 0 Å². The molecule has 0 aliphatic carbocycles. The van der Waals surface area contributed by atoms with Crippen molar-refractivity contribution >= 4 is 17.0 Å². The Labute approximate surface area is 127 Å². The number of thiophene rings is 1. The fraction of sp³-hybridized carbons (Fsp3) is 0.250. The number of benzene rings is 1. The van der Waals surface area contributed by atoms with E-state index in [9.17, 15) is 0 Å². The van der Waals surface area contributed by atoms with Gasteiger partial charge in [0.05, 0.1) is 4.88 Å². The van der Waals surface area contributed by atoms with E-state index in [1.54, 1.807) is 11.3 Å². The molecule has 1 aliphatic heterocycles. The second kappa shape index (κ2) is 5.00. The van der Waals surface area contributed by atoms with Gasteiger partial charge in [0.1, 0.15) is 0 Å². The normalized spacial score (nSPS) is 13.8. The van der Waals surface area contributed by atoms with E-state index in [1.807, 2.05) is 17.8 Å². The van der Waals surface area contributed by atoms with Crippen LogP contribution in [0.4, 0.5) is 5.69 Å². The Morgan fingerprint density at radius 3 is 3.05 bits per heavy atom. The van der Waals surface area contributed by atoms with Gasteiger partial charge in [0.2, 0.25) is 0 Å². The molecule has 0 bridgehead atoms. The number of nitrogens with one attached hydrogen (secondary N) is 1. The summed E-state index contributed by atoms with van der Waals surface area (Å²) in [4.78, 5) is 5.88. The lowest BCUT2D eigenvalue weighted by Crippen LogP contribution is -2.13. The average Bonchev–Trinajstić information content (AvgIpc) is 3.16. The minimum Gasteiger partial charge on any atom is -0.385 e. The summed E-state index contributed by atoms with van der Waals surface area (Å²) in [7, 11) is 1.97. The van der Waals surface area contributed by atoms with Crippen molar-refractivity contribution in [3.63, 3.8) is 0 Å². The SMILES string of the molecule is Cn1nc(-c2cccs2)nc1-c1cccc2c1CCCN2. The number of nitrogens with zero attached hydrogens (tertiary/aromatic N) is 3. The monoisotopic (exact) mass is 296 g/mol. The van der Waals surface area contributed by atoms with Gasteiger partial charge in [0.25, 0.3) is 0 Å². The van der Waals surface area contributed by atoms with Gasteiger partial charge in [0, 0.05) is 24.8 Å². The predicted molar refractivity (Wildman–Crippen MR) is 86.6 cm³/mol. The van der Waals surface area contributed by atoms with Crippen LogP contribution in [0.1, 0.15) is 12.0 Å². The van der Waals surface area contributed by atoms with Crippen LogP contribution in [0.25, 0.3) is 22.1 Å². The summed E-state index contributed by atoms with van der Waals surface area (Å²) in [6, 6.07) is 10.5. The second-order valence-corrected chi connectivity index (χ2v) is 6.17. The lowest BCUT2D eigenvalue weighted by atomic mass is 9.97. The number of fused-ring (bicyclic) bond motifs is 1. The van der Waals surface area contributed by atoms with Crippen molar-refractivity contribution in [1.82, 2.24) is 14.8 Å².